The van der Waals surface area contributed by atoms with Gasteiger partial charge in [0, 0.05) is 0 Å². The minimum absolute atomic E-state index is 0.483. The third kappa shape index (κ3) is 4.56. The van der Waals surface area contributed by atoms with E-state index in [2.05, 4.69) is 31.5 Å². The number of hydrogen-bond donors (Lipinski definition) is 0. The van der Waals surface area contributed by atoms with Crippen molar-refractivity contribution >= 4 is 19.7 Å². The van der Waals surface area contributed by atoms with Gasteiger partial charge in [0.05, 0.1) is 5.88 Å². The first-order valence-electron chi connectivity index (χ1n) is 3.18. The predicted octanol–water partition coefficient (Wildman–Crippen LogP) is 2.50. The number of hydrogen-bond acceptors (Lipinski definition) is 0. The molecule has 0 nitrogen and oxygen atoms in total. The highest BCUT2D eigenvalue weighted by atomic mass is 35.5. The van der Waals surface area contributed by atoms with Gasteiger partial charge in [-0.05, 0) is 6.04 Å². The lowest BCUT2D eigenvalue weighted by Gasteiger charge is -2.08. The van der Waals surface area contributed by atoms with E-state index >= 15 is 0 Å². The lowest BCUT2D eigenvalue weighted by Crippen LogP contribution is -2.21. The second-order valence-corrected chi connectivity index (χ2v) is 7.66. The second-order valence-electron chi connectivity index (χ2n) is 2.67. The number of rotatable bonds is 1. The minimum Gasteiger partial charge on any atom is -0.130 e. The maximum atomic E-state index is 5.41. The number of alkyl halides is 1. The van der Waals surface area contributed by atoms with E-state index < -0.39 is 8.07 Å². The van der Waals surface area contributed by atoms with Crippen LogP contribution in [0.3, 0.4) is 0 Å². The predicted molar refractivity (Wildman–Crippen MR) is 46.5 cm³/mol. The van der Waals surface area contributed by atoms with Gasteiger partial charge >= 0.3 is 0 Å². The van der Waals surface area contributed by atoms with Gasteiger partial charge in [0.2, 0.25) is 0 Å². The molecule has 0 aliphatic heterocycles. The molecule has 0 atom stereocenters. The molecule has 0 rings (SSSR count). The molecule has 0 bridgehead atoms. The molecule has 0 aromatic heterocycles. The maximum Gasteiger partial charge on any atom is 0.132 e. The van der Waals surface area contributed by atoms with Crippen LogP contribution in [0.15, 0.2) is 0 Å². The van der Waals surface area contributed by atoms with Crippen LogP contribution in [0.25, 0.3) is 0 Å². The average Bonchev–Trinajstić information content (AvgIpc) is 1.84. The normalized spacial score (nSPS) is 10.2. The van der Waals surface area contributed by atoms with Crippen LogP contribution >= 0.6 is 11.6 Å². The Bertz CT molecular complexity index is 130. The molecule has 0 fully saturated rings. The quantitative estimate of drug-likeness (QED) is 0.314. The fourth-order valence-corrected chi connectivity index (χ4v) is 1.28. The van der Waals surface area contributed by atoms with Gasteiger partial charge < -0.3 is 0 Å². The Morgan fingerprint density at radius 1 is 1.44 bits per heavy atom. The molecule has 0 aliphatic rings. The summed E-state index contributed by atoms with van der Waals surface area (Å²) in [6.07, 6.45) is 0. The zero-order valence-electron chi connectivity index (χ0n) is 6.29. The first kappa shape index (κ1) is 9.07. The van der Waals surface area contributed by atoms with Gasteiger partial charge in [0.1, 0.15) is 8.07 Å². The van der Waals surface area contributed by atoms with Gasteiger partial charge in [-0.15, -0.1) is 17.1 Å². The molecule has 0 aromatic carbocycles. The van der Waals surface area contributed by atoms with Gasteiger partial charge in [0.25, 0.3) is 0 Å². The largest absolute Gasteiger partial charge is 0.132 e. The zero-order valence-corrected chi connectivity index (χ0v) is 8.05. The highest BCUT2D eigenvalue weighted by molar-refractivity contribution is 6.85. The molecular weight excluding hydrogens is 148 g/mol. The Balaban J connectivity index is 3.84. The summed E-state index contributed by atoms with van der Waals surface area (Å²) in [5, 5.41) is 0. The van der Waals surface area contributed by atoms with E-state index in [-0.39, 0.29) is 0 Å². The van der Waals surface area contributed by atoms with Crippen molar-refractivity contribution in [1.82, 2.24) is 0 Å². The summed E-state index contributed by atoms with van der Waals surface area (Å²) in [5.41, 5.74) is 3.22. The van der Waals surface area contributed by atoms with Crippen LogP contribution in [-0.4, -0.2) is 14.0 Å². The van der Waals surface area contributed by atoms with E-state index in [0.29, 0.717) is 5.88 Å². The van der Waals surface area contributed by atoms with Crippen LogP contribution in [0.5, 0.6) is 0 Å². The fraction of sp³-hybridized carbons (Fsp3) is 0.714. The van der Waals surface area contributed by atoms with Gasteiger partial charge in [-0.25, -0.2) is 0 Å². The highest BCUT2D eigenvalue weighted by Crippen LogP contribution is 2.04. The molecule has 0 saturated carbocycles. The van der Waals surface area contributed by atoms with Crippen LogP contribution in [0.2, 0.25) is 19.1 Å². The average molecular weight is 161 g/mol. The van der Waals surface area contributed by atoms with Gasteiger partial charge in [-0.2, -0.15) is 0 Å². The molecule has 0 N–H and O–H groups in total. The smallest absolute Gasteiger partial charge is 0.130 e. The molecule has 9 heavy (non-hydrogen) atoms. The van der Waals surface area contributed by atoms with Crippen molar-refractivity contribution in [2.24, 2.45) is 0 Å². The van der Waals surface area contributed by atoms with Gasteiger partial charge in [0.15, 0.2) is 0 Å². The molecule has 0 amide bonds. The van der Waals surface area contributed by atoms with Crippen LogP contribution in [0, 0.1) is 11.5 Å². The summed E-state index contributed by atoms with van der Waals surface area (Å²) in [7, 11) is -1.14. The van der Waals surface area contributed by atoms with Crippen LogP contribution in [-0.2, 0) is 0 Å². The summed E-state index contributed by atoms with van der Waals surface area (Å²) in [6.45, 7) is 6.70. The first-order valence-corrected chi connectivity index (χ1v) is 6.92. The maximum absolute atomic E-state index is 5.41. The zero-order chi connectivity index (χ0) is 7.33. The van der Waals surface area contributed by atoms with Crippen LogP contribution in [0.1, 0.15) is 6.92 Å². The molecule has 0 spiro atoms. The summed E-state index contributed by atoms with van der Waals surface area (Å²) < 4.78 is 0. The first-order chi connectivity index (χ1) is 4.12. The summed E-state index contributed by atoms with van der Waals surface area (Å²) in [5.74, 6) is 3.40. The van der Waals surface area contributed by atoms with Crippen LogP contribution in [0.4, 0.5) is 0 Å². The second kappa shape index (κ2) is 3.98. The molecule has 2 heteroatoms. The van der Waals surface area contributed by atoms with Crippen LogP contribution < -0.4 is 0 Å². The standard InChI is InChI=1S/C7H13ClSi/c1-4-9(2,3)7-5-6-8/h4,6H2,1-3H3. The lowest BCUT2D eigenvalue weighted by molar-refractivity contribution is 1.38. The Morgan fingerprint density at radius 3 is 2.33 bits per heavy atom. The summed E-state index contributed by atoms with van der Waals surface area (Å²) in [6, 6.07) is 1.22. The van der Waals surface area contributed by atoms with Crippen molar-refractivity contribution in [3.8, 4) is 11.5 Å². The fourth-order valence-electron chi connectivity index (χ4n) is 0.361. The molecule has 52 valence electrons. The van der Waals surface area contributed by atoms with E-state index in [0.717, 1.165) is 0 Å². The van der Waals surface area contributed by atoms with E-state index in [9.17, 15) is 0 Å². The monoisotopic (exact) mass is 160 g/mol. The third-order valence-corrected chi connectivity index (χ3v) is 4.13. The van der Waals surface area contributed by atoms with Gasteiger partial charge in [-0.1, -0.05) is 25.9 Å². The van der Waals surface area contributed by atoms with Crippen molar-refractivity contribution < 1.29 is 0 Å². The molecule has 0 saturated heterocycles. The molecule has 0 radical (unpaired) electrons. The Morgan fingerprint density at radius 2 is 2.00 bits per heavy atom. The van der Waals surface area contributed by atoms with Crippen molar-refractivity contribution in [3.63, 3.8) is 0 Å². The summed E-state index contributed by atoms with van der Waals surface area (Å²) in [4.78, 5) is 0. The van der Waals surface area contributed by atoms with E-state index in [1.165, 1.54) is 6.04 Å². The Labute approximate surface area is 63.6 Å². The molecule has 0 aromatic rings. The van der Waals surface area contributed by atoms with Crippen molar-refractivity contribution in [1.29, 1.82) is 0 Å². The lowest BCUT2D eigenvalue weighted by atomic mass is 10.8. The number of halogens is 1. The third-order valence-electron chi connectivity index (χ3n) is 1.38. The molecule has 0 heterocycles. The highest BCUT2D eigenvalue weighted by Gasteiger charge is 2.12. The SMILES string of the molecule is CC[Si](C)(C)C#CCCl. The molecule has 0 aliphatic carbocycles. The van der Waals surface area contributed by atoms with E-state index in [4.69, 9.17) is 11.6 Å². The Hall–Kier alpha value is 0.0669. The molecule has 0 unspecified atom stereocenters. The van der Waals surface area contributed by atoms with Crippen molar-refractivity contribution in [3.05, 3.63) is 0 Å². The van der Waals surface area contributed by atoms with E-state index in [1.807, 2.05) is 0 Å². The Kier molecular flexibility index (Phi) is 4.00. The topological polar surface area (TPSA) is 0 Å². The minimum atomic E-state index is -1.14. The molecular formula is C7H13ClSi. The van der Waals surface area contributed by atoms with Crippen molar-refractivity contribution in [2.75, 3.05) is 5.88 Å². The van der Waals surface area contributed by atoms with Crippen molar-refractivity contribution in [2.45, 2.75) is 26.1 Å². The van der Waals surface area contributed by atoms with Gasteiger partial charge in [-0.3, -0.25) is 0 Å². The van der Waals surface area contributed by atoms with E-state index in [1.54, 1.807) is 0 Å². The summed E-state index contributed by atoms with van der Waals surface area (Å²) >= 11 is 5.41.